The Bertz CT molecular complexity index is 990. The van der Waals surface area contributed by atoms with Gasteiger partial charge in [0.15, 0.2) is 11.5 Å². The summed E-state index contributed by atoms with van der Waals surface area (Å²) < 4.78 is 11.6. The van der Waals surface area contributed by atoms with Crippen molar-refractivity contribution in [3.8, 4) is 11.5 Å². The lowest BCUT2D eigenvalue weighted by molar-refractivity contribution is 0.0936. The predicted molar refractivity (Wildman–Crippen MR) is 114 cm³/mol. The molecule has 1 atom stereocenters. The van der Waals surface area contributed by atoms with Crippen LogP contribution in [0.3, 0.4) is 0 Å². The molecule has 4 rings (SSSR count). The van der Waals surface area contributed by atoms with E-state index in [9.17, 15) is 4.79 Å². The number of halogens is 1. The fourth-order valence-corrected chi connectivity index (χ4v) is 3.56. The topological polar surface area (TPSA) is 47.6 Å². The zero-order valence-corrected chi connectivity index (χ0v) is 16.7. The number of benzene rings is 3. The second kappa shape index (κ2) is 9.01. The summed E-state index contributed by atoms with van der Waals surface area (Å²) in [5.74, 6) is 1.29. The van der Waals surface area contributed by atoms with Crippen LogP contribution in [0.1, 0.15) is 33.9 Å². The van der Waals surface area contributed by atoms with Crippen molar-refractivity contribution in [3.05, 3.63) is 94.5 Å². The van der Waals surface area contributed by atoms with E-state index in [-0.39, 0.29) is 11.9 Å². The zero-order valence-electron chi connectivity index (χ0n) is 15.9. The van der Waals surface area contributed by atoms with Gasteiger partial charge in [0, 0.05) is 17.0 Å². The maximum absolute atomic E-state index is 12.9. The quantitative estimate of drug-likeness (QED) is 0.631. The average molecular weight is 408 g/mol. The van der Waals surface area contributed by atoms with Gasteiger partial charge in [-0.2, -0.15) is 0 Å². The van der Waals surface area contributed by atoms with Gasteiger partial charge in [-0.1, -0.05) is 54.1 Å². The first-order valence-corrected chi connectivity index (χ1v) is 10.1. The molecule has 4 nitrogen and oxygen atoms in total. The Morgan fingerprint density at radius 2 is 1.72 bits per heavy atom. The number of carbonyl (C=O) groups excluding carboxylic acids is 1. The first kappa shape index (κ1) is 19.3. The number of nitrogens with one attached hydrogen (secondary N) is 1. The average Bonchev–Trinajstić information content (AvgIpc) is 2.99. The molecule has 1 aliphatic heterocycles. The molecule has 0 saturated carbocycles. The summed E-state index contributed by atoms with van der Waals surface area (Å²) in [4.78, 5) is 12.9. The lowest BCUT2D eigenvalue weighted by atomic mass is 9.98. The third kappa shape index (κ3) is 4.90. The maximum atomic E-state index is 12.9. The van der Waals surface area contributed by atoms with Gasteiger partial charge < -0.3 is 14.8 Å². The van der Waals surface area contributed by atoms with Gasteiger partial charge in [0.2, 0.25) is 0 Å². The van der Waals surface area contributed by atoms with Gasteiger partial charge in [-0.15, -0.1) is 0 Å². The van der Waals surface area contributed by atoms with Crippen molar-refractivity contribution in [2.24, 2.45) is 0 Å². The van der Waals surface area contributed by atoms with Crippen LogP contribution in [-0.2, 0) is 6.42 Å². The smallest absolute Gasteiger partial charge is 0.251 e. The molecular formula is C24H22ClNO3. The van der Waals surface area contributed by atoms with E-state index in [1.807, 2.05) is 36.4 Å². The molecule has 1 amide bonds. The molecule has 1 heterocycles. The van der Waals surface area contributed by atoms with Crippen LogP contribution in [0.5, 0.6) is 11.5 Å². The molecular weight excluding hydrogens is 386 g/mol. The minimum Gasteiger partial charge on any atom is -0.490 e. The fourth-order valence-electron chi connectivity index (χ4n) is 3.37. The summed E-state index contributed by atoms with van der Waals surface area (Å²) in [6, 6.07) is 22.7. The highest BCUT2D eigenvalue weighted by atomic mass is 35.5. The number of amides is 1. The van der Waals surface area contributed by atoms with Crippen molar-refractivity contribution < 1.29 is 14.3 Å². The van der Waals surface area contributed by atoms with Gasteiger partial charge in [0.25, 0.3) is 5.91 Å². The SMILES string of the molecule is O=C(NC(Cc1ccccc1)c1ccc2c(c1)OCCCO2)c1cccc(Cl)c1. The molecule has 3 aromatic rings. The molecule has 0 bridgehead atoms. The number of fused-ring (bicyclic) bond motifs is 1. The third-order valence-electron chi connectivity index (χ3n) is 4.85. The zero-order chi connectivity index (χ0) is 20.1. The third-order valence-corrected chi connectivity index (χ3v) is 5.08. The van der Waals surface area contributed by atoms with Crippen molar-refractivity contribution in [3.63, 3.8) is 0 Å². The van der Waals surface area contributed by atoms with Crippen LogP contribution in [0.15, 0.2) is 72.8 Å². The molecule has 3 aromatic carbocycles. The van der Waals surface area contributed by atoms with Gasteiger partial charge in [0.05, 0.1) is 19.3 Å². The number of carbonyl (C=O) groups is 1. The van der Waals surface area contributed by atoms with Crippen LogP contribution in [0.25, 0.3) is 0 Å². The van der Waals surface area contributed by atoms with Crippen molar-refractivity contribution in [1.82, 2.24) is 5.32 Å². The van der Waals surface area contributed by atoms with Crippen molar-refractivity contribution in [2.45, 2.75) is 18.9 Å². The lowest BCUT2D eigenvalue weighted by Gasteiger charge is -2.21. The second-order valence-electron chi connectivity index (χ2n) is 6.98. The van der Waals surface area contributed by atoms with E-state index in [0.717, 1.165) is 29.0 Å². The van der Waals surface area contributed by atoms with E-state index < -0.39 is 0 Å². The van der Waals surface area contributed by atoms with Crippen LogP contribution >= 0.6 is 11.6 Å². The molecule has 5 heteroatoms. The molecule has 1 unspecified atom stereocenters. The summed E-state index contributed by atoms with van der Waals surface area (Å²) >= 11 is 6.06. The molecule has 1 N–H and O–H groups in total. The Balaban J connectivity index is 1.63. The number of rotatable bonds is 5. The predicted octanol–water partition coefficient (Wildman–Crippen LogP) is 5.22. The van der Waals surface area contributed by atoms with Gasteiger partial charge >= 0.3 is 0 Å². The standard InChI is InChI=1S/C24H22ClNO3/c25-20-9-4-8-19(15-20)24(27)26-21(14-17-6-2-1-3-7-17)18-10-11-22-23(16-18)29-13-5-12-28-22/h1-4,6-11,15-16,21H,5,12-14H2,(H,26,27). The first-order chi connectivity index (χ1) is 14.2. The minimum absolute atomic E-state index is 0.166. The van der Waals surface area contributed by atoms with Gasteiger partial charge in [-0.25, -0.2) is 0 Å². The normalized spacial score (nSPS) is 14.0. The molecule has 0 aromatic heterocycles. The van der Waals surface area contributed by atoms with Crippen molar-refractivity contribution in [2.75, 3.05) is 13.2 Å². The summed E-state index contributed by atoms with van der Waals surface area (Å²) in [7, 11) is 0. The van der Waals surface area contributed by atoms with Crippen LogP contribution < -0.4 is 14.8 Å². The Kier molecular flexibility index (Phi) is 6.01. The van der Waals surface area contributed by atoms with Gasteiger partial charge in [0.1, 0.15) is 0 Å². The largest absolute Gasteiger partial charge is 0.490 e. The van der Waals surface area contributed by atoms with Gasteiger partial charge in [-0.3, -0.25) is 4.79 Å². The second-order valence-corrected chi connectivity index (χ2v) is 7.42. The summed E-state index contributed by atoms with van der Waals surface area (Å²) in [5, 5.41) is 3.69. The maximum Gasteiger partial charge on any atom is 0.251 e. The van der Waals surface area contributed by atoms with Crippen LogP contribution in [0, 0.1) is 0 Å². The Morgan fingerprint density at radius 3 is 2.52 bits per heavy atom. The monoisotopic (exact) mass is 407 g/mol. The summed E-state index contributed by atoms with van der Waals surface area (Å²) in [6.45, 7) is 1.26. The lowest BCUT2D eigenvalue weighted by Crippen LogP contribution is -2.30. The van der Waals surface area contributed by atoms with E-state index in [2.05, 4.69) is 17.4 Å². The number of hydrogen-bond donors (Lipinski definition) is 1. The van der Waals surface area contributed by atoms with Crippen molar-refractivity contribution >= 4 is 17.5 Å². The van der Waals surface area contributed by atoms with E-state index in [1.54, 1.807) is 24.3 Å². The van der Waals surface area contributed by atoms with E-state index in [1.165, 1.54) is 0 Å². The van der Waals surface area contributed by atoms with E-state index in [0.29, 0.717) is 30.2 Å². The van der Waals surface area contributed by atoms with E-state index >= 15 is 0 Å². The minimum atomic E-state index is -0.221. The molecule has 0 saturated heterocycles. The molecule has 0 spiro atoms. The summed E-state index contributed by atoms with van der Waals surface area (Å²) in [5.41, 5.74) is 2.63. The van der Waals surface area contributed by atoms with E-state index in [4.69, 9.17) is 21.1 Å². The Hall–Kier alpha value is -2.98. The molecule has 148 valence electrons. The Morgan fingerprint density at radius 1 is 0.931 bits per heavy atom. The number of hydrogen-bond acceptors (Lipinski definition) is 3. The first-order valence-electron chi connectivity index (χ1n) is 9.69. The van der Waals surface area contributed by atoms with Crippen LogP contribution in [-0.4, -0.2) is 19.1 Å². The van der Waals surface area contributed by atoms with Crippen LogP contribution in [0.4, 0.5) is 0 Å². The van der Waals surface area contributed by atoms with Crippen molar-refractivity contribution in [1.29, 1.82) is 0 Å². The Labute approximate surface area is 175 Å². The highest BCUT2D eigenvalue weighted by molar-refractivity contribution is 6.30. The fraction of sp³-hybridized carbons (Fsp3) is 0.208. The highest BCUT2D eigenvalue weighted by Crippen LogP contribution is 2.33. The molecule has 0 fully saturated rings. The van der Waals surface area contributed by atoms with Crippen LogP contribution in [0.2, 0.25) is 5.02 Å². The molecule has 0 radical (unpaired) electrons. The van der Waals surface area contributed by atoms with Gasteiger partial charge in [-0.05, 0) is 47.9 Å². The molecule has 1 aliphatic rings. The molecule has 0 aliphatic carbocycles. The molecule has 29 heavy (non-hydrogen) atoms. The number of ether oxygens (including phenoxy) is 2. The highest BCUT2D eigenvalue weighted by Gasteiger charge is 2.20. The summed E-state index contributed by atoms with van der Waals surface area (Å²) in [6.07, 6.45) is 1.51.